The number of nitrogens with one attached hydrogen (secondary N) is 1. The Hall–Kier alpha value is -0.290. The number of hydrogen-bond donors (Lipinski definition) is 1. The Morgan fingerprint density at radius 3 is 2.12 bits per heavy atom. The fraction of sp³-hybridized carbons (Fsp3) is 1.00. The Bertz CT molecular complexity index is 250. The van der Waals surface area contributed by atoms with Gasteiger partial charge in [0.25, 0.3) is 0 Å². The maximum atomic E-state index is 13.2. The van der Waals surface area contributed by atoms with Crippen LogP contribution in [0.4, 0.5) is 13.2 Å². The van der Waals surface area contributed by atoms with Gasteiger partial charge >= 0.3 is 6.18 Å². The molecule has 2 fully saturated rings. The number of alkyl halides is 3. The average Bonchev–Trinajstić information content (AvgIpc) is 2.43. The van der Waals surface area contributed by atoms with E-state index in [0.717, 1.165) is 12.8 Å². The molecule has 2 heterocycles. The molecular weight excluding hydrogens is 217 g/mol. The highest BCUT2D eigenvalue weighted by Gasteiger charge is 2.60. The molecule has 2 saturated heterocycles. The van der Waals surface area contributed by atoms with Gasteiger partial charge in [-0.05, 0) is 39.3 Å². The van der Waals surface area contributed by atoms with Crippen LogP contribution in [0.15, 0.2) is 0 Å². The topological polar surface area (TPSA) is 15.3 Å². The van der Waals surface area contributed by atoms with Gasteiger partial charge in [-0.25, -0.2) is 0 Å². The number of piperidine rings is 1. The molecule has 94 valence electrons. The molecule has 0 aromatic heterocycles. The molecule has 2 nitrogen and oxygen atoms in total. The largest absolute Gasteiger partial charge is 0.406 e. The normalized spacial score (nSPS) is 40.3. The molecule has 2 bridgehead atoms. The highest BCUT2D eigenvalue weighted by molar-refractivity contribution is 5.08. The zero-order valence-electron chi connectivity index (χ0n) is 9.77. The first-order valence-corrected chi connectivity index (χ1v) is 5.93. The Kier molecular flexibility index (Phi) is 2.95. The van der Waals surface area contributed by atoms with E-state index in [1.807, 2.05) is 7.05 Å². The van der Waals surface area contributed by atoms with E-state index in [1.165, 1.54) is 0 Å². The van der Waals surface area contributed by atoms with Crippen molar-refractivity contribution in [3.05, 3.63) is 0 Å². The standard InChI is InChI=1S/C11H19F3N2/c1-3-15-10(11(12,13)14)6-8-4-5-9(7-10)16(8)2/h8-9,15H,3-7H2,1-2H3. The van der Waals surface area contributed by atoms with Gasteiger partial charge in [0.2, 0.25) is 0 Å². The van der Waals surface area contributed by atoms with Crippen LogP contribution in [0.2, 0.25) is 0 Å². The molecule has 0 spiro atoms. The lowest BCUT2D eigenvalue weighted by Crippen LogP contribution is -2.64. The lowest BCUT2D eigenvalue weighted by molar-refractivity contribution is -0.213. The average molecular weight is 236 g/mol. The summed E-state index contributed by atoms with van der Waals surface area (Å²) in [5, 5.41) is 2.71. The molecule has 0 aromatic carbocycles. The maximum absolute atomic E-state index is 13.2. The van der Waals surface area contributed by atoms with Crippen molar-refractivity contribution >= 4 is 0 Å². The van der Waals surface area contributed by atoms with E-state index in [1.54, 1.807) is 6.92 Å². The summed E-state index contributed by atoms with van der Waals surface area (Å²) in [5.41, 5.74) is -1.64. The molecule has 5 heteroatoms. The molecule has 0 saturated carbocycles. The van der Waals surface area contributed by atoms with Crippen LogP contribution < -0.4 is 5.32 Å². The van der Waals surface area contributed by atoms with E-state index < -0.39 is 11.7 Å². The van der Waals surface area contributed by atoms with Gasteiger partial charge < -0.3 is 10.2 Å². The highest BCUT2D eigenvalue weighted by Crippen LogP contribution is 2.47. The maximum Gasteiger partial charge on any atom is 0.406 e. The second kappa shape index (κ2) is 3.88. The number of halogens is 3. The SMILES string of the molecule is CCNC1(C(F)(F)F)CC2CCC(C1)N2C. The van der Waals surface area contributed by atoms with Crippen LogP contribution in [0.5, 0.6) is 0 Å². The van der Waals surface area contributed by atoms with Crippen molar-refractivity contribution in [3.63, 3.8) is 0 Å². The van der Waals surface area contributed by atoms with Crippen molar-refractivity contribution in [2.45, 2.75) is 56.4 Å². The molecule has 2 aliphatic heterocycles. The van der Waals surface area contributed by atoms with E-state index in [0.29, 0.717) is 6.54 Å². The Labute approximate surface area is 94.2 Å². The predicted molar refractivity (Wildman–Crippen MR) is 56.3 cm³/mol. The summed E-state index contributed by atoms with van der Waals surface area (Å²) in [6.45, 7) is 2.12. The molecule has 1 N–H and O–H groups in total. The minimum Gasteiger partial charge on any atom is -0.304 e. The monoisotopic (exact) mass is 236 g/mol. The third kappa shape index (κ3) is 1.74. The van der Waals surface area contributed by atoms with E-state index in [2.05, 4.69) is 10.2 Å². The quantitative estimate of drug-likeness (QED) is 0.790. The van der Waals surface area contributed by atoms with E-state index in [9.17, 15) is 13.2 Å². The second-order valence-corrected chi connectivity index (χ2v) is 5.07. The molecule has 0 radical (unpaired) electrons. The third-order valence-corrected chi connectivity index (χ3v) is 4.21. The highest BCUT2D eigenvalue weighted by atomic mass is 19.4. The summed E-state index contributed by atoms with van der Waals surface area (Å²) in [7, 11) is 1.95. The molecular formula is C11H19F3N2. The van der Waals surface area contributed by atoms with Crippen LogP contribution >= 0.6 is 0 Å². The zero-order valence-corrected chi connectivity index (χ0v) is 9.77. The summed E-state index contributed by atoms with van der Waals surface area (Å²) in [6.07, 6.45) is -1.91. The first-order chi connectivity index (χ1) is 7.39. The van der Waals surface area contributed by atoms with E-state index in [-0.39, 0.29) is 24.9 Å². The first-order valence-electron chi connectivity index (χ1n) is 5.93. The minimum atomic E-state index is -4.13. The fourth-order valence-electron chi connectivity index (χ4n) is 3.28. The van der Waals surface area contributed by atoms with Crippen molar-refractivity contribution in [2.75, 3.05) is 13.6 Å². The van der Waals surface area contributed by atoms with Crippen LogP contribution in [0.1, 0.15) is 32.6 Å². The summed E-state index contributed by atoms with van der Waals surface area (Å²) in [4.78, 5) is 2.13. The van der Waals surface area contributed by atoms with Crippen molar-refractivity contribution in [1.82, 2.24) is 10.2 Å². The number of rotatable bonds is 2. The van der Waals surface area contributed by atoms with Gasteiger partial charge in [0.1, 0.15) is 5.54 Å². The van der Waals surface area contributed by atoms with Gasteiger partial charge in [-0.2, -0.15) is 13.2 Å². The number of fused-ring (bicyclic) bond motifs is 2. The Balaban J connectivity index is 2.23. The van der Waals surface area contributed by atoms with Crippen LogP contribution in [-0.4, -0.2) is 42.3 Å². The Morgan fingerprint density at radius 2 is 1.75 bits per heavy atom. The minimum absolute atomic E-state index is 0.0967. The fourth-order valence-corrected chi connectivity index (χ4v) is 3.28. The van der Waals surface area contributed by atoms with Crippen LogP contribution in [0, 0.1) is 0 Å². The third-order valence-electron chi connectivity index (χ3n) is 4.21. The van der Waals surface area contributed by atoms with Crippen molar-refractivity contribution in [2.24, 2.45) is 0 Å². The second-order valence-electron chi connectivity index (χ2n) is 5.07. The van der Waals surface area contributed by atoms with Gasteiger partial charge in [-0.3, -0.25) is 0 Å². The summed E-state index contributed by atoms with van der Waals surface area (Å²) >= 11 is 0. The number of nitrogens with zero attached hydrogens (tertiary/aromatic N) is 1. The van der Waals surface area contributed by atoms with Gasteiger partial charge in [-0.15, -0.1) is 0 Å². The summed E-state index contributed by atoms with van der Waals surface area (Å²) in [6, 6.07) is 0.193. The predicted octanol–water partition coefficient (Wildman–Crippen LogP) is 2.15. The molecule has 2 aliphatic rings. The number of hydrogen-bond acceptors (Lipinski definition) is 2. The molecule has 0 aliphatic carbocycles. The molecule has 2 rings (SSSR count). The molecule has 0 aromatic rings. The van der Waals surface area contributed by atoms with Crippen LogP contribution in [-0.2, 0) is 0 Å². The van der Waals surface area contributed by atoms with Crippen molar-refractivity contribution in [3.8, 4) is 0 Å². The van der Waals surface area contributed by atoms with Crippen molar-refractivity contribution in [1.29, 1.82) is 0 Å². The van der Waals surface area contributed by atoms with Gasteiger partial charge in [-0.1, -0.05) is 6.92 Å². The summed E-state index contributed by atoms with van der Waals surface area (Å²) < 4.78 is 39.6. The lowest BCUT2D eigenvalue weighted by Gasteiger charge is -2.46. The van der Waals surface area contributed by atoms with Crippen molar-refractivity contribution < 1.29 is 13.2 Å². The summed E-state index contributed by atoms with van der Waals surface area (Å²) in [5.74, 6) is 0. The molecule has 0 amide bonds. The molecule has 2 unspecified atom stereocenters. The molecule has 16 heavy (non-hydrogen) atoms. The van der Waals surface area contributed by atoms with Gasteiger partial charge in [0, 0.05) is 12.1 Å². The molecule has 2 atom stereocenters. The van der Waals surface area contributed by atoms with Gasteiger partial charge in [0.05, 0.1) is 0 Å². The Morgan fingerprint density at radius 1 is 1.25 bits per heavy atom. The van der Waals surface area contributed by atoms with E-state index in [4.69, 9.17) is 0 Å². The van der Waals surface area contributed by atoms with Gasteiger partial charge in [0.15, 0.2) is 0 Å². The van der Waals surface area contributed by atoms with Crippen LogP contribution in [0.25, 0.3) is 0 Å². The first kappa shape index (κ1) is 12.2. The smallest absolute Gasteiger partial charge is 0.304 e. The zero-order chi connectivity index (χ0) is 12.0. The van der Waals surface area contributed by atoms with Crippen LogP contribution in [0.3, 0.4) is 0 Å². The lowest BCUT2D eigenvalue weighted by atomic mass is 9.82. The van der Waals surface area contributed by atoms with E-state index >= 15 is 0 Å².